The van der Waals surface area contributed by atoms with Crippen LogP contribution in [0.1, 0.15) is 0 Å². The van der Waals surface area contributed by atoms with Gasteiger partial charge in [-0.1, -0.05) is 115 Å². The SMILES string of the molecule is c1ccc(-c2nc(-c3cccc(-c4cccc5cccnc45)c3)nc(-c3cccc(-c4cccc5cccnc45)c3)n2)cc1. The molecule has 0 aliphatic heterocycles. The van der Waals surface area contributed by atoms with E-state index in [0.29, 0.717) is 17.5 Å². The topological polar surface area (TPSA) is 64.5 Å². The summed E-state index contributed by atoms with van der Waals surface area (Å²) >= 11 is 0. The van der Waals surface area contributed by atoms with Gasteiger partial charge in [0.15, 0.2) is 17.5 Å². The minimum atomic E-state index is 0.612. The predicted molar refractivity (Wildman–Crippen MR) is 178 cm³/mol. The Morgan fingerprint density at radius 1 is 0.318 bits per heavy atom. The largest absolute Gasteiger partial charge is 0.256 e. The summed E-state index contributed by atoms with van der Waals surface area (Å²) in [6.07, 6.45) is 3.67. The number of pyridine rings is 2. The van der Waals surface area contributed by atoms with Crippen LogP contribution in [-0.4, -0.2) is 24.9 Å². The van der Waals surface area contributed by atoms with E-state index in [1.165, 1.54) is 0 Å². The van der Waals surface area contributed by atoms with Gasteiger partial charge in [0.2, 0.25) is 0 Å². The Morgan fingerprint density at radius 2 is 0.727 bits per heavy atom. The summed E-state index contributed by atoms with van der Waals surface area (Å²) in [4.78, 5) is 24.3. The highest BCUT2D eigenvalue weighted by molar-refractivity contribution is 5.95. The molecule has 0 aliphatic carbocycles. The van der Waals surface area contributed by atoms with E-state index in [2.05, 4.69) is 82.8 Å². The minimum Gasteiger partial charge on any atom is -0.256 e. The van der Waals surface area contributed by atoms with Gasteiger partial charge >= 0.3 is 0 Å². The molecular formula is C39H25N5. The van der Waals surface area contributed by atoms with Gasteiger partial charge in [0.05, 0.1) is 11.0 Å². The van der Waals surface area contributed by atoms with E-state index < -0.39 is 0 Å². The van der Waals surface area contributed by atoms with Gasteiger partial charge in [-0.05, 0) is 35.4 Å². The summed E-state index contributed by atoms with van der Waals surface area (Å²) in [5, 5.41) is 2.20. The number of nitrogens with zero attached hydrogens (tertiary/aromatic N) is 5. The second-order valence-corrected chi connectivity index (χ2v) is 10.6. The number of hydrogen-bond acceptors (Lipinski definition) is 5. The van der Waals surface area contributed by atoms with Crippen LogP contribution in [0.5, 0.6) is 0 Å². The molecular weight excluding hydrogens is 538 g/mol. The summed E-state index contributed by atoms with van der Waals surface area (Å²) in [6.45, 7) is 0. The highest BCUT2D eigenvalue weighted by Crippen LogP contribution is 2.33. The fourth-order valence-electron chi connectivity index (χ4n) is 5.68. The lowest BCUT2D eigenvalue weighted by Gasteiger charge is -2.11. The van der Waals surface area contributed by atoms with Gasteiger partial charge in [-0.3, -0.25) is 9.97 Å². The van der Waals surface area contributed by atoms with Gasteiger partial charge in [0.1, 0.15) is 0 Å². The van der Waals surface area contributed by atoms with E-state index in [1.807, 2.05) is 79.1 Å². The van der Waals surface area contributed by atoms with Crippen LogP contribution in [0.4, 0.5) is 0 Å². The van der Waals surface area contributed by atoms with Gasteiger partial charge in [-0.15, -0.1) is 0 Å². The molecule has 0 saturated carbocycles. The average Bonchev–Trinajstić information content (AvgIpc) is 3.11. The fraction of sp³-hybridized carbons (Fsp3) is 0. The van der Waals surface area contributed by atoms with Crippen LogP contribution in [0.2, 0.25) is 0 Å². The first-order chi connectivity index (χ1) is 21.8. The van der Waals surface area contributed by atoms with Crippen LogP contribution < -0.4 is 0 Å². The molecule has 0 atom stereocenters. The standard InChI is InChI=1S/C39H25N5/c1-2-10-28(11-3-1)37-42-38(31-16-4-14-29(24-31)33-20-6-12-26-18-8-22-40-35(26)33)44-39(43-37)32-17-5-15-30(25-32)34-21-7-13-27-19-9-23-41-36(27)34/h1-25H. The molecule has 0 bridgehead atoms. The van der Waals surface area contributed by atoms with Crippen LogP contribution >= 0.6 is 0 Å². The molecule has 8 rings (SSSR count). The quantitative estimate of drug-likeness (QED) is 0.209. The first-order valence-electron chi connectivity index (χ1n) is 14.5. The van der Waals surface area contributed by atoms with Crippen LogP contribution in [-0.2, 0) is 0 Å². The van der Waals surface area contributed by atoms with Crippen molar-refractivity contribution in [2.45, 2.75) is 0 Å². The van der Waals surface area contributed by atoms with Crippen molar-refractivity contribution in [1.29, 1.82) is 0 Å². The number of benzene rings is 5. The lowest BCUT2D eigenvalue weighted by Crippen LogP contribution is -2.00. The molecule has 0 unspecified atom stereocenters. The number of para-hydroxylation sites is 2. The van der Waals surface area contributed by atoms with E-state index in [4.69, 9.17) is 15.0 Å². The normalized spacial score (nSPS) is 11.2. The number of rotatable bonds is 5. The van der Waals surface area contributed by atoms with Crippen molar-refractivity contribution < 1.29 is 0 Å². The molecule has 0 saturated heterocycles. The van der Waals surface area contributed by atoms with Crippen LogP contribution in [0, 0.1) is 0 Å². The van der Waals surface area contributed by atoms with Crippen molar-refractivity contribution in [3.63, 3.8) is 0 Å². The van der Waals surface area contributed by atoms with Crippen molar-refractivity contribution in [2.24, 2.45) is 0 Å². The Morgan fingerprint density at radius 3 is 1.25 bits per heavy atom. The molecule has 3 heterocycles. The molecule has 5 aromatic carbocycles. The van der Waals surface area contributed by atoms with Crippen molar-refractivity contribution in [1.82, 2.24) is 24.9 Å². The third kappa shape index (κ3) is 4.76. The maximum atomic E-state index is 5.04. The highest BCUT2D eigenvalue weighted by atomic mass is 15.0. The Bertz CT molecular complexity index is 2140. The molecule has 0 amide bonds. The van der Waals surface area contributed by atoms with E-state index >= 15 is 0 Å². The molecule has 3 aromatic heterocycles. The zero-order valence-corrected chi connectivity index (χ0v) is 23.7. The second-order valence-electron chi connectivity index (χ2n) is 10.6. The third-order valence-corrected chi connectivity index (χ3v) is 7.80. The van der Waals surface area contributed by atoms with E-state index in [1.54, 1.807) is 0 Å². The van der Waals surface area contributed by atoms with Crippen molar-refractivity contribution in [3.05, 3.63) is 152 Å². The summed E-state index contributed by atoms with van der Waals surface area (Å²) in [5.74, 6) is 1.85. The summed E-state index contributed by atoms with van der Waals surface area (Å²) < 4.78 is 0. The van der Waals surface area contributed by atoms with Gasteiger partial charge in [0, 0.05) is 51.0 Å². The van der Waals surface area contributed by atoms with E-state index in [9.17, 15) is 0 Å². The average molecular weight is 564 g/mol. The molecule has 0 N–H and O–H groups in total. The Labute approximate surface area is 254 Å². The highest BCUT2D eigenvalue weighted by Gasteiger charge is 2.15. The van der Waals surface area contributed by atoms with Gasteiger partial charge in [-0.2, -0.15) is 0 Å². The van der Waals surface area contributed by atoms with Gasteiger partial charge in [0.25, 0.3) is 0 Å². The first-order valence-corrected chi connectivity index (χ1v) is 14.5. The fourth-order valence-corrected chi connectivity index (χ4v) is 5.68. The minimum absolute atomic E-state index is 0.612. The van der Waals surface area contributed by atoms with Gasteiger partial charge in [-0.25, -0.2) is 15.0 Å². The molecule has 44 heavy (non-hydrogen) atoms. The Balaban J connectivity index is 1.28. The predicted octanol–water partition coefficient (Wildman–Crippen LogP) is 9.30. The zero-order valence-electron chi connectivity index (χ0n) is 23.7. The lowest BCUT2D eigenvalue weighted by molar-refractivity contribution is 1.07. The number of hydrogen-bond donors (Lipinski definition) is 0. The first kappa shape index (κ1) is 25.6. The molecule has 5 heteroatoms. The monoisotopic (exact) mass is 563 g/mol. The summed E-state index contributed by atoms with van der Waals surface area (Å²) in [7, 11) is 0. The van der Waals surface area contributed by atoms with Gasteiger partial charge < -0.3 is 0 Å². The smallest absolute Gasteiger partial charge is 0.164 e. The van der Waals surface area contributed by atoms with E-state index in [-0.39, 0.29) is 0 Å². The van der Waals surface area contributed by atoms with Crippen LogP contribution in [0.25, 0.3) is 78.2 Å². The molecule has 0 aliphatic rings. The molecule has 8 aromatic rings. The van der Waals surface area contributed by atoms with Crippen molar-refractivity contribution in [3.8, 4) is 56.4 Å². The Kier molecular flexibility index (Phi) is 6.39. The molecule has 206 valence electrons. The maximum Gasteiger partial charge on any atom is 0.164 e. The van der Waals surface area contributed by atoms with Crippen LogP contribution in [0.15, 0.2) is 152 Å². The molecule has 0 spiro atoms. The lowest BCUT2D eigenvalue weighted by atomic mass is 9.99. The summed E-state index contributed by atoms with van der Waals surface area (Å²) in [6, 6.07) is 47.4. The van der Waals surface area contributed by atoms with Crippen molar-refractivity contribution in [2.75, 3.05) is 0 Å². The molecule has 0 radical (unpaired) electrons. The Hall–Kier alpha value is -6.07. The molecule has 0 fully saturated rings. The molecule has 5 nitrogen and oxygen atoms in total. The number of aromatic nitrogens is 5. The zero-order chi connectivity index (χ0) is 29.3. The summed E-state index contributed by atoms with van der Waals surface area (Å²) in [5.41, 5.74) is 8.93. The maximum absolute atomic E-state index is 5.04. The van der Waals surface area contributed by atoms with Crippen molar-refractivity contribution >= 4 is 21.8 Å². The third-order valence-electron chi connectivity index (χ3n) is 7.80. The van der Waals surface area contributed by atoms with Crippen LogP contribution in [0.3, 0.4) is 0 Å². The van der Waals surface area contributed by atoms with E-state index in [0.717, 1.165) is 60.8 Å². The second kappa shape index (κ2) is 11.0. The number of fused-ring (bicyclic) bond motifs is 2.